The SMILES string of the molecule is Pc1ccc[c-]1C1=NCCO1.[Fe+2].c1cc[cH-]c1. The molecule has 1 aliphatic rings. The van der Waals surface area contributed by atoms with E-state index in [1.807, 2.05) is 48.5 Å². The van der Waals surface area contributed by atoms with Gasteiger partial charge in [0.15, 0.2) is 5.90 Å². The summed E-state index contributed by atoms with van der Waals surface area (Å²) < 4.78 is 5.31. The molecule has 1 aliphatic heterocycles. The van der Waals surface area contributed by atoms with Gasteiger partial charge in [0, 0.05) is 0 Å². The van der Waals surface area contributed by atoms with E-state index in [0.717, 1.165) is 29.9 Å². The van der Waals surface area contributed by atoms with Gasteiger partial charge in [0.25, 0.3) is 0 Å². The maximum atomic E-state index is 5.31. The van der Waals surface area contributed by atoms with Crippen LogP contribution in [0, 0.1) is 0 Å². The first kappa shape index (κ1) is 14.2. The van der Waals surface area contributed by atoms with Crippen LogP contribution in [0.5, 0.6) is 0 Å². The summed E-state index contributed by atoms with van der Waals surface area (Å²) in [7, 11) is 2.67. The largest absolute Gasteiger partial charge is 2.00 e. The van der Waals surface area contributed by atoms with Gasteiger partial charge < -0.3 is 4.74 Å². The monoisotopic (exact) mass is 287 g/mol. The Morgan fingerprint density at radius 1 is 1.29 bits per heavy atom. The van der Waals surface area contributed by atoms with Crippen molar-refractivity contribution in [3.8, 4) is 0 Å². The molecular formula is C13H14FeNOP. The molecule has 0 spiro atoms. The standard InChI is InChI=1S/C8H9NOP.C5H5.Fe/c11-7-3-1-2-6(7)8-9-4-5-10-8;1-2-4-5-3-1;/h1-3H,4-5,11H2;1-5H;/q2*-1;+2. The Bertz CT molecular complexity index is 430. The molecule has 2 nitrogen and oxygen atoms in total. The zero-order chi connectivity index (χ0) is 11.2. The molecule has 17 heavy (non-hydrogen) atoms. The van der Waals surface area contributed by atoms with E-state index in [9.17, 15) is 0 Å². The number of hydrogen-bond donors (Lipinski definition) is 0. The van der Waals surface area contributed by atoms with E-state index in [1.165, 1.54) is 0 Å². The summed E-state index contributed by atoms with van der Waals surface area (Å²) in [5.74, 6) is 0.792. The molecule has 0 aromatic heterocycles. The molecule has 0 radical (unpaired) electrons. The van der Waals surface area contributed by atoms with Crippen molar-refractivity contribution < 1.29 is 21.8 Å². The maximum absolute atomic E-state index is 5.31. The average molecular weight is 287 g/mol. The number of nitrogens with zero attached hydrogens (tertiary/aromatic N) is 1. The average Bonchev–Trinajstić information content (AvgIpc) is 3.02. The molecule has 0 fully saturated rings. The Hall–Kier alpha value is -0.881. The molecule has 4 heteroatoms. The van der Waals surface area contributed by atoms with Crippen molar-refractivity contribution in [3.63, 3.8) is 0 Å². The van der Waals surface area contributed by atoms with Crippen molar-refractivity contribution >= 4 is 20.4 Å². The Morgan fingerprint density at radius 3 is 2.47 bits per heavy atom. The van der Waals surface area contributed by atoms with E-state index in [2.05, 4.69) is 14.2 Å². The van der Waals surface area contributed by atoms with E-state index in [-0.39, 0.29) is 17.1 Å². The van der Waals surface area contributed by atoms with Crippen molar-refractivity contribution in [1.29, 1.82) is 0 Å². The molecule has 0 saturated heterocycles. The van der Waals surface area contributed by atoms with Crippen LogP contribution in [0.15, 0.2) is 53.5 Å². The number of aliphatic imine (C=N–C) groups is 1. The topological polar surface area (TPSA) is 21.6 Å². The van der Waals surface area contributed by atoms with Crippen LogP contribution < -0.4 is 5.30 Å². The van der Waals surface area contributed by atoms with Crippen molar-refractivity contribution in [1.82, 2.24) is 0 Å². The molecular weight excluding hydrogens is 273 g/mol. The first-order valence-corrected chi connectivity index (χ1v) is 5.81. The molecule has 2 aromatic carbocycles. The fourth-order valence-electron chi connectivity index (χ4n) is 1.45. The second-order valence-electron chi connectivity index (χ2n) is 3.39. The molecule has 0 N–H and O–H groups in total. The molecule has 3 rings (SSSR count). The fraction of sp³-hybridized carbons (Fsp3) is 0.154. The molecule has 0 bridgehead atoms. The van der Waals surface area contributed by atoms with Crippen LogP contribution >= 0.6 is 9.24 Å². The fourth-order valence-corrected chi connectivity index (χ4v) is 1.78. The number of hydrogen-bond acceptors (Lipinski definition) is 2. The third-order valence-corrected chi connectivity index (χ3v) is 2.72. The van der Waals surface area contributed by atoms with Gasteiger partial charge in [-0.2, -0.15) is 24.3 Å². The Labute approximate surface area is 114 Å². The smallest absolute Gasteiger partial charge is 0.485 e. The predicted molar refractivity (Wildman–Crippen MR) is 70.8 cm³/mol. The second-order valence-corrected chi connectivity index (χ2v) is 4.01. The van der Waals surface area contributed by atoms with Crippen LogP contribution in [0.3, 0.4) is 0 Å². The summed E-state index contributed by atoms with van der Waals surface area (Å²) in [4.78, 5) is 4.22. The van der Waals surface area contributed by atoms with Gasteiger partial charge in [-0.25, -0.2) is 24.3 Å². The quantitative estimate of drug-likeness (QED) is 0.447. The zero-order valence-electron chi connectivity index (χ0n) is 9.32. The summed E-state index contributed by atoms with van der Waals surface area (Å²) in [6, 6.07) is 16.1. The van der Waals surface area contributed by atoms with Gasteiger partial charge in [0.1, 0.15) is 6.61 Å². The van der Waals surface area contributed by atoms with Gasteiger partial charge in [-0.1, -0.05) is 5.56 Å². The molecule has 0 saturated carbocycles. The van der Waals surface area contributed by atoms with Gasteiger partial charge in [-0.05, 0) is 0 Å². The first-order valence-electron chi connectivity index (χ1n) is 5.23. The molecule has 1 atom stereocenters. The molecule has 1 heterocycles. The number of ether oxygens (including phenoxy) is 1. The summed E-state index contributed by atoms with van der Waals surface area (Å²) in [5, 5.41) is 1.16. The molecule has 1 unspecified atom stereocenters. The maximum Gasteiger partial charge on any atom is 2.00 e. The Morgan fingerprint density at radius 2 is 2.06 bits per heavy atom. The summed E-state index contributed by atoms with van der Waals surface area (Å²) in [5.41, 5.74) is 1.10. The van der Waals surface area contributed by atoms with E-state index in [4.69, 9.17) is 4.74 Å². The predicted octanol–water partition coefficient (Wildman–Crippen LogP) is 2.09. The van der Waals surface area contributed by atoms with Crippen LogP contribution in [0.4, 0.5) is 0 Å². The third kappa shape index (κ3) is 4.12. The van der Waals surface area contributed by atoms with Crippen LogP contribution in [0.2, 0.25) is 0 Å². The van der Waals surface area contributed by atoms with Gasteiger partial charge >= 0.3 is 17.1 Å². The molecule has 90 valence electrons. The summed E-state index contributed by atoms with van der Waals surface area (Å²) in [6.45, 7) is 1.52. The first-order chi connectivity index (χ1) is 7.88. The van der Waals surface area contributed by atoms with Gasteiger partial charge in [0.05, 0.1) is 6.54 Å². The Kier molecular flexibility index (Phi) is 6.21. The van der Waals surface area contributed by atoms with Crippen LogP contribution in [-0.2, 0) is 21.8 Å². The Balaban J connectivity index is 0.000000205. The van der Waals surface area contributed by atoms with Crippen molar-refractivity contribution in [3.05, 3.63) is 54.1 Å². The third-order valence-electron chi connectivity index (χ3n) is 2.22. The van der Waals surface area contributed by atoms with E-state index >= 15 is 0 Å². The van der Waals surface area contributed by atoms with E-state index in [0.29, 0.717) is 0 Å². The van der Waals surface area contributed by atoms with Crippen LogP contribution in [0.1, 0.15) is 5.56 Å². The molecule has 2 aromatic rings. The summed E-state index contributed by atoms with van der Waals surface area (Å²) in [6.07, 6.45) is 0. The normalized spacial score (nSPS) is 12.9. The van der Waals surface area contributed by atoms with Crippen molar-refractivity contribution in [2.75, 3.05) is 13.2 Å². The van der Waals surface area contributed by atoms with E-state index in [1.54, 1.807) is 0 Å². The van der Waals surface area contributed by atoms with Crippen molar-refractivity contribution in [2.24, 2.45) is 4.99 Å². The minimum Gasteiger partial charge on any atom is -0.485 e. The van der Waals surface area contributed by atoms with Crippen molar-refractivity contribution in [2.45, 2.75) is 0 Å². The van der Waals surface area contributed by atoms with Crippen LogP contribution in [0.25, 0.3) is 0 Å². The number of rotatable bonds is 1. The van der Waals surface area contributed by atoms with Gasteiger partial charge in [-0.3, -0.25) is 4.99 Å². The molecule has 0 amide bonds. The summed E-state index contributed by atoms with van der Waals surface area (Å²) >= 11 is 0. The zero-order valence-corrected chi connectivity index (χ0v) is 11.6. The second kappa shape index (κ2) is 7.45. The minimum absolute atomic E-state index is 0. The van der Waals surface area contributed by atoms with Gasteiger partial charge in [0.2, 0.25) is 0 Å². The minimum atomic E-state index is 0. The van der Waals surface area contributed by atoms with Crippen LogP contribution in [-0.4, -0.2) is 19.0 Å². The van der Waals surface area contributed by atoms with Gasteiger partial charge in [-0.15, -0.1) is 14.5 Å². The molecule has 0 aliphatic carbocycles. The van der Waals surface area contributed by atoms with E-state index < -0.39 is 0 Å².